The Morgan fingerprint density at radius 2 is 1.78 bits per heavy atom. The van der Waals surface area contributed by atoms with Crippen LogP contribution in [0.2, 0.25) is 5.04 Å². The van der Waals surface area contributed by atoms with Gasteiger partial charge in [0.1, 0.15) is 5.92 Å². The number of esters is 2. The average molecular weight is 270 g/mol. The second kappa shape index (κ2) is 4.43. The van der Waals surface area contributed by atoms with Gasteiger partial charge in [-0.15, -0.1) is 0 Å². The largest absolute Gasteiger partial charge is 0.523 e. The van der Waals surface area contributed by atoms with Crippen LogP contribution in [0.1, 0.15) is 0 Å². The number of rotatable bonds is 4. The van der Waals surface area contributed by atoms with Crippen LogP contribution in [0.5, 0.6) is 0 Å². The normalized spacial score (nSPS) is 30.5. The Hall–Kier alpha value is -1.28. The molecule has 1 fully saturated rings. The number of cyclic esters (lactones) is 2. The lowest BCUT2D eigenvalue weighted by molar-refractivity contribution is -0.153. The summed E-state index contributed by atoms with van der Waals surface area (Å²) in [5.74, 6) is -2.06. The number of carbonyl (C=O) groups excluding carboxylic acids is 2. The van der Waals surface area contributed by atoms with Crippen molar-refractivity contribution in [2.75, 3.05) is 21.3 Å². The van der Waals surface area contributed by atoms with Crippen LogP contribution in [0.15, 0.2) is 24.3 Å². The third kappa shape index (κ3) is 1.38. The highest BCUT2D eigenvalue weighted by molar-refractivity contribution is 6.70. The fraction of sp³-hybridized carbons (Fsp3) is 0.455. The predicted molar refractivity (Wildman–Crippen MR) is 62.3 cm³/mol. The molecule has 1 heterocycles. The van der Waals surface area contributed by atoms with Gasteiger partial charge in [-0.1, -0.05) is 24.3 Å². The van der Waals surface area contributed by atoms with Crippen molar-refractivity contribution in [1.29, 1.82) is 0 Å². The van der Waals surface area contributed by atoms with Crippen LogP contribution >= 0.6 is 0 Å². The minimum absolute atomic E-state index is 0.608. The van der Waals surface area contributed by atoms with Crippen molar-refractivity contribution in [3.05, 3.63) is 24.3 Å². The first kappa shape index (κ1) is 13.2. The SMILES string of the molecule is CO[Si](OC)(OC)C12C=CC=CC1C(=O)OC2=O. The van der Waals surface area contributed by atoms with Gasteiger partial charge in [0.25, 0.3) is 0 Å². The highest BCUT2D eigenvalue weighted by Gasteiger charge is 2.73. The Labute approximate surface area is 106 Å². The zero-order valence-electron chi connectivity index (χ0n) is 10.3. The maximum absolute atomic E-state index is 12.1. The molecule has 0 aromatic rings. The lowest BCUT2D eigenvalue weighted by atomic mass is 9.89. The lowest BCUT2D eigenvalue weighted by Gasteiger charge is -2.38. The van der Waals surface area contributed by atoms with Crippen LogP contribution in [-0.4, -0.2) is 42.1 Å². The molecule has 2 aliphatic rings. The molecule has 1 saturated heterocycles. The van der Waals surface area contributed by atoms with E-state index in [-0.39, 0.29) is 0 Å². The Morgan fingerprint density at radius 3 is 2.33 bits per heavy atom. The van der Waals surface area contributed by atoms with Crippen molar-refractivity contribution in [1.82, 2.24) is 0 Å². The van der Waals surface area contributed by atoms with E-state index in [1.807, 2.05) is 0 Å². The molecule has 0 bridgehead atoms. The van der Waals surface area contributed by atoms with E-state index in [1.54, 1.807) is 24.3 Å². The van der Waals surface area contributed by atoms with Gasteiger partial charge in [0.05, 0.1) is 0 Å². The molecule has 98 valence electrons. The van der Waals surface area contributed by atoms with Gasteiger partial charge in [-0.25, -0.2) is 0 Å². The minimum Gasteiger partial charge on any atom is -0.392 e. The van der Waals surface area contributed by atoms with Gasteiger partial charge in [-0.2, -0.15) is 0 Å². The number of ether oxygens (including phenoxy) is 1. The first-order chi connectivity index (χ1) is 8.58. The molecule has 1 aliphatic carbocycles. The van der Waals surface area contributed by atoms with Crippen LogP contribution < -0.4 is 0 Å². The van der Waals surface area contributed by atoms with Crippen LogP contribution in [0, 0.1) is 5.92 Å². The van der Waals surface area contributed by atoms with Gasteiger partial charge in [0.15, 0.2) is 5.04 Å². The Morgan fingerprint density at radius 1 is 1.17 bits per heavy atom. The molecule has 0 amide bonds. The van der Waals surface area contributed by atoms with Crippen molar-refractivity contribution in [2.45, 2.75) is 5.04 Å². The Balaban J connectivity index is 2.62. The van der Waals surface area contributed by atoms with Gasteiger partial charge in [-0.3, -0.25) is 9.59 Å². The molecule has 0 saturated carbocycles. The predicted octanol–water partition coefficient (Wildman–Crippen LogP) is 0.430. The molecule has 6 nitrogen and oxygen atoms in total. The molecule has 0 N–H and O–H groups in total. The topological polar surface area (TPSA) is 71.1 Å². The van der Waals surface area contributed by atoms with Gasteiger partial charge >= 0.3 is 20.7 Å². The van der Waals surface area contributed by atoms with Crippen LogP contribution in [0.4, 0.5) is 0 Å². The van der Waals surface area contributed by atoms with Crippen LogP contribution in [0.25, 0.3) is 0 Å². The molecule has 0 aromatic heterocycles. The quantitative estimate of drug-likeness (QED) is 0.419. The van der Waals surface area contributed by atoms with E-state index in [0.717, 1.165) is 0 Å². The first-order valence-corrected chi connectivity index (χ1v) is 7.08. The molecule has 0 radical (unpaired) electrons. The van der Waals surface area contributed by atoms with E-state index >= 15 is 0 Å². The highest BCUT2D eigenvalue weighted by atomic mass is 28.4. The van der Waals surface area contributed by atoms with E-state index in [1.165, 1.54) is 21.3 Å². The maximum atomic E-state index is 12.1. The molecule has 2 rings (SSSR count). The summed E-state index contributed by atoms with van der Waals surface area (Å²) >= 11 is 0. The van der Waals surface area contributed by atoms with Gasteiger partial charge < -0.3 is 18.0 Å². The zero-order chi connectivity index (χ0) is 13.4. The van der Waals surface area contributed by atoms with Crippen molar-refractivity contribution in [2.24, 2.45) is 5.92 Å². The number of carbonyl (C=O) groups is 2. The second-order valence-electron chi connectivity index (χ2n) is 3.97. The molecule has 2 atom stereocenters. The summed E-state index contributed by atoms with van der Waals surface area (Å²) in [7, 11) is 0.783. The van der Waals surface area contributed by atoms with Crippen molar-refractivity contribution >= 4 is 20.7 Å². The standard InChI is InChI=1S/C11H14O6Si/c1-14-18(15-2,16-3)11-7-5-4-6-8(11)9(12)17-10(11)13/h4-8H,1-3H3. The fourth-order valence-corrected chi connectivity index (χ4v) is 5.22. The van der Waals surface area contributed by atoms with Gasteiger partial charge in [0.2, 0.25) is 0 Å². The number of hydrogen-bond acceptors (Lipinski definition) is 6. The van der Waals surface area contributed by atoms with Crippen molar-refractivity contribution in [3.8, 4) is 0 Å². The summed E-state index contributed by atoms with van der Waals surface area (Å²) in [5.41, 5.74) is 0. The second-order valence-corrected chi connectivity index (χ2v) is 7.13. The summed E-state index contributed by atoms with van der Waals surface area (Å²) < 4.78 is 20.8. The third-order valence-electron chi connectivity index (χ3n) is 3.36. The summed E-state index contributed by atoms with van der Waals surface area (Å²) in [5, 5.41) is -1.32. The van der Waals surface area contributed by atoms with Gasteiger partial charge in [0, 0.05) is 21.3 Å². The summed E-state index contributed by atoms with van der Waals surface area (Å²) in [6.07, 6.45) is 6.53. The highest BCUT2D eigenvalue weighted by Crippen LogP contribution is 2.54. The fourth-order valence-electron chi connectivity index (χ4n) is 2.51. The van der Waals surface area contributed by atoms with Crippen LogP contribution in [0.3, 0.4) is 0 Å². The molecular weight excluding hydrogens is 256 g/mol. The molecule has 0 aromatic carbocycles. The maximum Gasteiger partial charge on any atom is 0.523 e. The lowest BCUT2D eigenvalue weighted by Crippen LogP contribution is -2.58. The van der Waals surface area contributed by atoms with Crippen molar-refractivity contribution in [3.63, 3.8) is 0 Å². The van der Waals surface area contributed by atoms with E-state index < -0.39 is 31.7 Å². The monoisotopic (exact) mass is 270 g/mol. The van der Waals surface area contributed by atoms with Gasteiger partial charge in [-0.05, 0) is 0 Å². The number of hydrogen-bond donors (Lipinski definition) is 0. The molecule has 2 unspecified atom stereocenters. The number of allylic oxidation sites excluding steroid dienone is 2. The first-order valence-electron chi connectivity index (χ1n) is 5.35. The van der Waals surface area contributed by atoms with Crippen molar-refractivity contribution < 1.29 is 27.6 Å². The average Bonchev–Trinajstić information content (AvgIpc) is 2.66. The molecule has 0 spiro atoms. The summed E-state index contributed by atoms with van der Waals surface area (Å²) in [6, 6.07) is 0. The molecular formula is C11H14O6Si. The smallest absolute Gasteiger partial charge is 0.392 e. The molecule has 7 heteroatoms. The van der Waals surface area contributed by atoms with E-state index in [0.29, 0.717) is 0 Å². The minimum atomic E-state index is -3.41. The van der Waals surface area contributed by atoms with E-state index in [4.69, 9.17) is 18.0 Å². The Kier molecular flexibility index (Phi) is 3.24. The Bertz CT molecular complexity index is 431. The van der Waals surface area contributed by atoms with E-state index in [2.05, 4.69) is 0 Å². The third-order valence-corrected chi connectivity index (χ3v) is 6.67. The zero-order valence-corrected chi connectivity index (χ0v) is 11.3. The number of fused-ring (bicyclic) bond motifs is 1. The molecule has 1 aliphatic heterocycles. The molecule has 18 heavy (non-hydrogen) atoms. The van der Waals surface area contributed by atoms with E-state index in [9.17, 15) is 9.59 Å². The van der Waals surface area contributed by atoms with Crippen LogP contribution in [-0.2, 0) is 27.6 Å². The summed E-state index contributed by atoms with van der Waals surface area (Å²) in [6.45, 7) is 0. The summed E-state index contributed by atoms with van der Waals surface area (Å²) in [4.78, 5) is 23.9.